The van der Waals surface area contributed by atoms with Crippen molar-refractivity contribution in [1.82, 2.24) is 20.0 Å². The number of hydrogen-bond donors (Lipinski definition) is 0. The Bertz CT molecular complexity index is 483. The summed E-state index contributed by atoms with van der Waals surface area (Å²) in [7, 11) is 0. The van der Waals surface area contributed by atoms with Crippen LogP contribution in [0.1, 0.15) is 23.6 Å². The summed E-state index contributed by atoms with van der Waals surface area (Å²) in [6, 6.07) is 1.42. The quantitative estimate of drug-likeness (QED) is 0.773. The maximum Gasteiger partial charge on any atom is 0.141 e. The Balaban J connectivity index is 2.14. The Hall–Kier alpha value is -1.49. The van der Waals surface area contributed by atoms with Crippen molar-refractivity contribution in [3.8, 4) is 0 Å². The molecule has 0 aromatic carbocycles. The SMILES string of the molecule is CC(Cl)c1cn(Cc2cncc(F)c2)nn1. The lowest BCUT2D eigenvalue weighted by molar-refractivity contribution is 0.607. The topological polar surface area (TPSA) is 43.6 Å². The van der Waals surface area contributed by atoms with Crippen molar-refractivity contribution >= 4 is 11.6 Å². The van der Waals surface area contributed by atoms with Gasteiger partial charge in [0.2, 0.25) is 0 Å². The summed E-state index contributed by atoms with van der Waals surface area (Å²) in [5, 5.41) is 7.61. The van der Waals surface area contributed by atoms with Crippen LogP contribution in [0.4, 0.5) is 4.39 Å². The van der Waals surface area contributed by atoms with Crippen molar-refractivity contribution in [1.29, 1.82) is 0 Å². The fourth-order valence-corrected chi connectivity index (χ4v) is 1.40. The lowest BCUT2D eigenvalue weighted by Gasteiger charge is -1.99. The standard InChI is InChI=1S/C10H10ClFN4/c1-7(11)10-6-16(15-14-10)5-8-2-9(12)4-13-3-8/h2-4,6-7H,5H2,1H3. The number of alkyl halides is 1. The zero-order valence-electron chi connectivity index (χ0n) is 8.64. The van der Waals surface area contributed by atoms with Crippen LogP contribution in [0, 0.1) is 5.82 Å². The summed E-state index contributed by atoms with van der Waals surface area (Å²) in [4.78, 5) is 3.76. The van der Waals surface area contributed by atoms with Gasteiger partial charge in [-0.25, -0.2) is 9.07 Å². The normalized spacial score (nSPS) is 12.7. The molecular formula is C10H10ClFN4. The number of nitrogens with zero attached hydrogens (tertiary/aromatic N) is 4. The molecule has 0 saturated heterocycles. The Labute approximate surface area is 97.1 Å². The largest absolute Gasteiger partial charge is 0.261 e. The van der Waals surface area contributed by atoms with Crippen molar-refractivity contribution in [2.24, 2.45) is 0 Å². The van der Waals surface area contributed by atoms with Gasteiger partial charge in [-0.05, 0) is 18.6 Å². The van der Waals surface area contributed by atoms with Crippen LogP contribution < -0.4 is 0 Å². The van der Waals surface area contributed by atoms with Gasteiger partial charge >= 0.3 is 0 Å². The van der Waals surface area contributed by atoms with Crippen LogP contribution in [0.2, 0.25) is 0 Å². The molecule has 2 heterocycles. The zero-order valence-corrected chi connectivity index (χ0v) is 9.39. The molecule has 16 heavy (non-hydrogen) atoms. The molecule has 0 aliphatic heterocycles. The molecule has 4 nitrogen and oxygen atoms in total. The summed E-state index contributed by atoms with van der Waals surface area (Å²) in [6.45, 7) is 2.25. The van der Waals surface area contributed by atoms with E-state index >= 15 is 0 Å². The van der Waals surface area contributed by atoms with E-state index in [1.807, 2.05) is 6.92 Å². The Morgan fingerprint density at radius 1 is 1.50 bits per heavy atom. The summed E-state index contributed by atoms with van der Waals surface area (Å²) in [6.07, 6.45) is 4.49. The van der Waals surface area contributed by atoms with Gasteiger partial charge in [0.1, 0.15) is 11.5 Å². The van der Waals surface area contributed by atoms with Crippen molar-refractivity contribution < 1.29 is 4.39 Å². The van der Waals surface area contributed by atoms with Crippen molar-refractivity contribution in [2.45, 2.75) is 18.8 Å². The molecule has 0 N–H and O–H groups in total. The van der Waals surface area contributed by atoms with Crippen LogP contribution in [0.3, 0.4) is 0 Å². The van der Waals surface area contributed by atoms with Gasteiger partial charge in [0.15, 0.2) is 0 Å². The Morgan fingerprint density at radius 2 is 2.31 bits per heavy atom. The van der Waals surface area contributed by atoms with Gasteiger partial charge in [-0.3, -0.25) is 4.98 Å². The van der Waals surface area contributed by atoms with Gasteiger partial charge in [-0.15, -0.1) is 16.7 Å². The highest BCUT2D eigenvalue weighted by molar-refractivity contribution is 6.20. The Kier molecular flexibility index (Phi) is 3.14. The molecule has 6 heteroatoms. The van der Waals surface area contributed by atoms with E-state index < -0.39 is 0 Å². The molecule has 1 atom stereocenters. The predicted octanol–water partition coefficient (Wildman–Crippen LogP) is 2.16. The smallest absolute Gasteiger partial charge is 0.141 e. The zero-order chi connectivity index (χ0) is 11.5. The summed E-state index contributed by atoms with van der Waals surface area (Å²) in [5.41, 5.74) is 1.43. The lowest BCUT2D eigenvalue weighted by Crippen LogP contribution is -2.01. The molecule has 2 rings (SSSR count). The fourth-order valence-electron chi connectivity index (χ4n) is 1.30. The number of aromatic nitrogens is 4. The van der Waals surface area contributed by atoms with Crippen LogP contribution in [-0.2, 0) is 6.54 Å². The molecule has 2 aromatic rings. The van der Waals surface area contributed by atoms with E-state index in [-0.39, 0.29) is 11.2 Å². The molecule has 0 fully saturated rings. The third-order valence-electron chi connectivity index (χ3n) is 2.07. The molecule has 0 aliphatic rings. The van der Waals surface area contributed by atoms with E-state index in [0.717, 1.165) is 11.8 Å². The van der Waals surface area contributed by atoms with Gasteiger partial charge in [-0.2, -0.15) is 0 Å². The minimum atomic E-state index is -0.358. The first-order valence-electron chi connectivity index (χ1n) is 4.78. The van der Waals surface area contributed by atoms with E-state index in [4.69, 9.17) is 11.6 Å². The third-order valence-corrected chi connectivity index (χ3v) is 2.29. The van der Waals surface area contributed by atoms with Crippen LogP contribution in [0.5, 0.6) is 0 Å². The number of hydrogen-bond acceptors (Lipinski definition) is 3. The van der Waals surface area contributed by atoms with Crippen LogP contribution in [-0.4, -0.2) is 20.0 Å². The highest BCUT2D eigenvalue weighted by Crippen LogP contribution is 2.15. The second-order valence-electron chi connectivity index (χ2n) is 3.47. The monoisotopic (exact) mass is 240 g/mol. The molecule has 0 radical (unpaired) electrons. The minimum Gasteiger partial charge on any atom is -0.261 e. The van der Waals surface area contributed by atoms with Crippen molar-refractivity contribution in [3.05, 3.63) is 41.7 Å². The number of pyridine rings is 1. The highest BCUT2D eigenvalue weighted by Gasteiger charge is 2.07. The average Bonchev–Trinajstić information content (AvgIpc) is 2.66. The average molecular weight is 241 g/mol. The van der Waals surface area contributed by atoms with Gasteiger partial charge in [-0.1, -0.05) is 5.21 Å². The summed E-state index contributed by atoms with van der Waals surface area (Å²) in [5.74, 6) is -0.358. The lowest BCUT2D eigenvalue weighted by atomic mass is 10.3. The first kappa shape index (κ1) is 11.0. The molecule has 0 spiro atoms. The van der Waals surface area contributed by atoms with Crippen LogP contribution in [0.25, 0.3) is 0 Å². The van der Waals surface area contributed by atoms with Gasteiger partial charge in [0.05, 0.1) is 24.3 Å². The summed E-state index contributed by atoms with van der Waals surface area (Å²) < 4.78 is 14.5. The maximum absolute atomic E-state index is 12.9. The third kappa shape index (κ3) is 2.55. The second-order valence-corrected chi connectivity index (χ2v) is 4.12. The molecule has 84 valence electrons. The van der Waals surface area contributed by atoms with E-state index in [0.29, 0.717) is 12.2 Å². The second kappa shape index (κ2) is 4.57. The number of halogens is 2. The van der Waals surface area contributed by atoms with E-state index in [9.17, 15) is 4.39 Å². The molecular weight excluding hydrogens is 231 g/mol. The van der Waals surface area contributed by atoms with Crippen molar-refractivity contribution in [3.63, 3.8) is 0 Å². The van der Waals surface area contributed by atoms with Gasteiger partial charge in [0.25, 0.3) is 0 Å². The Morgan fingerprint density at radius 3 is 2.94 bits per heavy atom. The molecule has 1 unspecified atom stereocenters. The van der Waals surface area contributed by atoms with Gasteiger partial charge in [0, 0.05) is 6.20 Å². The molecule has 0 aliphatic carbocycles. The van der Waals surface area contributed by atoms with E-state index in [2.05, 4.69) is 15.3 Å². The van der Waals surface area contributed by atoms with Crippen LogP contribution >= 0.6 is 11.6 Å². The van der Waals surface area contributed by atoms with Crippen LogP contribution in [0.15, 0.2) is 24.7 Å². The van der Waals surface area contributed by atoms with E-state index in [1.165, 1.54) is 6.07 Å². The first-order chi connectivity index (χ1) is 7.65. The maximum atomic E-state index is 12.9. The summed E-state index contributed by atoms with van der Waals surface area (Å²) >= 11 is 5.86. The predicted molar refractivity (Wildman–Crippen MR) is 57.6 cm³/mol. The molecule has 2 aromatic heterocycles. The van der Waals surface area contributed by atoms with E-state index in [1.54, 1.807) is 17.1 Å². The first-order valence-corrected chi connectivity index (χ1v) is 5.22. The molecule has 0 amide bonds. The van der Waals surface area contributed by atoms with Crippen molar-refractivity contribution in [2.75, 3.05) is 0 Å². The van der Waals surface area contributed by atoms with Gasteiger partial charge < -0.3 is 0 Å². The minimum absolute atomic E-state index is 0.181. The fraction of sp³-hybridized carbons (Fsp3) is 0.300. The molecule has 0 bridgehead atoms. The molecule has 0 saturated carbocycles. The number of rotatable bonds is 3. The highest BCUT2D eigenvalue weighted by atomic mass is 35.5.